The summed E-state index contributed by atoms with van der Waals surface area (Å²) in [6, 6.07) is 0. The summed E-state index contributed by atoms with van der Waals surface area (Å²) >= 11 is 0. The van der Waals surface area contributed by atoms with Crippen LogP contribution >= 0.6 is 0 Å². The molecule has 0 aliphatic carbocycles. The number of carbonyl (C=O) groups is 3. The molecule has 0 aromatic carbocycles. The van der Waals surface area contributed by atoms with Crippen LogP contribution in [-0.4, -0.2) is 37.2 Å². The monoisotopic (exact) mass is 831 g/mol. The highest BCUT2D eigenvalue weighted by Crippen LogP contribution is 2.13. The molecular weight excluding hydrogens is 745 g/mol. The van der Waals surface area contributed by atoms with Crippen LogP contribution in [0.4, 0.5) is 0 Å². The average molecular weight is 831 g/mol. The van der Waals surface area contributed by atoms with Gasteiger partial charge in [0.15, 0.2) is 6.10 Å². The molecule has 0 bridgehead atoms. The summed E-state index contributed by atoms with van der Waals surface area (Å²) in [4.78, 5) is 37.8. The zero-order valence-electron chi connectivity index (χ0n) is 38.4. The summed E-state index contributed by atoms with van der Waals surface area (Å²) in [7, 11) is 0. The highest BCUT2D eigenvalue weighted by atomic mass is 16.6. The van der Waals surface area contributed by atoms with Gasteiger partial charge in [-0.3, -0.25) is 14.4 Å². The van der Waals surface area contributed by atoms with Crippen LogP contribution in [-0.2, 0) is 28.6 Å². The van der Waals surface area contributed by atoms with Crippen molar-refractivity contribution >= 4 is 17.9 Å². The lowest BCUT2D eigenvalue weighted by molar-refractivity contribution is -0.167. The van der Waals surface area contributed by atoms with Crippen molar-refractivity contribution in [3.05, 3.63) is 109 Å². The summed E-state index contributed by atoms with van der Waals surface area (Å²) < 4.78 is 16.6. The zero-order valence-corrected chi connectivity index (χ0v) is 38.4. The van der Waals surface area contributed by atoms with Gasteiger partial charge in [-0.25, -0.2) is 0 Å². The van der Waals surface area contributed by atoms with E-state index in [0.29, 0.717) is 19.3 Å². The maximum Gasteiger partial charge on any atom is 0.306 e. The minimum Gasteiger partial charge on any atom is -0.462 e. The van der Waals surface area contributed by atoms with Crippen molar-refractivity contribution in [1.29, 1.82) is 0 Å². The summed E-state index contributed by atoms with van der Waals surface area (Å²) in [5.41, 5.74) is 0. The normalized spacial score (nSPS) is 13.1. The predicted octanol–water partition coefficient (Wildman–Crippen LogP) is 15.6. The molecule has 338 valence electrons. The summed E-state index contributed by atoms with van der Waals surface area (Å²) in [5, 5.41) is 0. The van der Waals surface area contributed by atoms with Crippen LogP contribution in [0.1, 0.15) is 194 Å². The predicted molar refractivity (Wildman–Crippen MR) is 256 cm³/mol. The number of rotatable bonds is 41. The number of esters is 3. The quantitative estimate of drug-likeness (QED) is 0.0201. The van der Waals surface area contributed by atoms with Gasteiger partial charge in [-0.2, -0.15) is 0 Å². The molecule has 0 saturated heterocycles. The van der Waals surface area contributed by atoms with Gasteiger partial charge in [-0.15, -0.1) is 0 Å². The van der Waals surface area contributed by atoms with Crippen molar-refractivity contribution in [2.75, 3.05) is 13.2 Å². The minimum atomic E-state index is -0.819. The molecule has 0 spiro atoms. The maximum atomic E-state index is 12.7. The Bertz CT molecular complexity index is 1280. The number of allylic oxidation sites excluding steroid dienone is 18. The molecular formula is C54H86O6. The van der Waals surface area contributed by atoms with Gasteiger partial charge in [-0.05, 0) is 70.6 Å². The second-order valence-electron chi connectivity index (χ2n) is 15.4. The van der Waals surface area contributed by atoms with Crippen molar-refractivity contribution < 1.29 is 28.6 Å². The van der Waals surface area contributed by atoms with E-state index in [-0.39, 0.29) is 37.5 Å². The van der Waals surface area contributed by atoms with Gasteiger partial charge in [0.25, 0.3) is 0 Å². The molecule has 0 fully saturated rings. The molecule has 0 amide bonds. The first-order valence-corrected chi connectivity index (χ1v) is 24.0. The third kappa shape index (κ3) is 45.2. The second kappa shape index (κ2) is 47.7. The lowest BCUT2D eigenvalue weighted by Gasteiger charge is -2.18. The molecule has 0 saturated carbocycles. The van der Waals surface area contributed by atoms with Crippen LogP contribution < -0.4 is 0 Å². The van der Waals surface area contributed by atoms with Crippen molar-refractivity contribution in [3.8, 4) is 0 Å². The van der Waals surface area contributed by atoms with Crippen molar-refractivity contribution in [3.63, 3.8) is 0 Å². The topological polar surface area (TPSA) is 78.9 Å². The molecule has 6 nitrogen and oxygen atoms in total. The SMILES string of the molecule is CC\C=C/C=C\C=C/C=C\C=C/CCCC(=O)OC(COC(=O)CCCCCCCC/C=C\C/C=C\C/C=C\C/C=C\CC)COC(=O)CCCCCCCCCCCC. The van der Waals surface area contributed by atoms with Crippen LogP contribution in [0.5, 0.6) is 0 Å². The molecule has 0 aliphatic heterocycles. The summed E-state index contributed by atoms with van der Waals surface area (Å²) in [5.74, 6) is -1.01. The molecule has 0 radical (unpaired) electrons. The lowest BCUT2D eigenvalue weighted by Crippen LogP contribution is -2.30. The highest BCUT2D eigenvalue weighted by molar-refractivity contribution is 5.71. The first-order valence-electron chi connectivity index (χ1n) is 24.0. The van der Waals surface area contributed by atoms with Crippen LogP contribution in [0.3, 0.4) is 0 Å². The Morgan fingerprint density at radius 1 is 0.367 bits per heavy atom. The first kappa shape index (κ1) is 56.1. The Morgan fingerprint density at radius 2 is 0.750 bits per heavy atom. The van der Waals surface area contributed by atoms with Crippen LogP contribution in [0.25, 0.3) is 0 Å². The van der Waals surface area contributed by atoms with E-state index in [1.165, 1.54) is 57.8 Å². The summed E-state index contributed by atoms with van der Waals surface area (Å²) in [6.45, 7) is 6.27. The molecule has 0 aromatic rings. The second-order valence-corrected chi connectivity index (χ2v) is 15.4. The Morgan fingerprint density at radius 3 is 1.25 bits per heavy atom. The van der Waals surface area contributed by atoms with Gasteiger partial charge in [-0.1, -0.05) is 214 Å². The largest absolute Gasteiger partial charge is 0.462 e. The maximum absolute atomic E-state index is 12.7. The van der Waals surface area contributed by atoms with Gasteiger partial charge in [0.05, 0.1) is 0 Å². The number of unbranched alkanes of at least 4 members (excludes halogenated alkanes) is 16. The van der Waals surface area contributed by atoms with Crippen molar-refractivity contribution in [1.82, 2.24) is 0 Å². The molecule has 0 aromatic heterocycles. The van der Waals surface area contributed by atoms with Crippen LogP contribution in [0.15, 0.2) is 109 Å². The summed E-state index contributed by atoms with van der Waals surface area (Å²) in [6.07, 6.45) is 63.7. The molecule has 6 heteroatoms. The first-order chi connectivity index (χ1) is 29.5. The van der Waals surface area contributed by atoms with E-state index in [1.54, 1.807) is 0 Å². The molecule has 0 aliphatic rings. The number of ether oxygens (including phenoxy) is 3. The van der Waals surface area contributed by atoms with Gasteiger partial charge >= 0.3 is 17.9 Å². The van der Waals surface area contributed by atoms with Crippen molar-refractivity contribution in [2.24, 2.45) is 0 Å². The third-order valence-electron chi connectivity index (χ3n) is 9.65. The smallest absolute Gasteiger partial charge is 0.306 e. The molecule has 0 heterocycles. The van der Waals surface area contributed by atoms with E-state index in [0.717, 1.165) is 89.9 Å². The van der Waals surface area contributed by atoms with Gasteiger partial charge in [0, 0.05) is 19.3 Å². The molecule has 1 atom stereocenters. The fraction of sp³-hybridized carbons (Fsp3) is 0.611. The standard InChI is InChI=1S/C54H86O6/c1-4-7-10-13-16-19-22-24-25-26-27-28-29-31-32-35-38-41-44-47-53(56)59-50-51(49-58-52(55)46-43-40-37-34-21-18-15-12-9-6-3)60-54(57)48-45-42-39-36-33-30-23-20-17-14-11-8-5-2/h7-8,10-11,14,16-17,19-20,23-25,27-28,30,33,36,39,51H,4-6,9,12-13,15,18,21-22,26,29,31-32,34-35,37-38,40-50H2,1-3H3/b10-7-,11-8-,17-14-,19-16-,23-20-,25-24-,28-27-,33-30-,39-36-. The molecule has 0 rings (SSSR count). The van der Waals surface area contributed by atoms with Gasteiger partial charge in [0.2, 0.25) is 0 Å². The van der Waals surface area contributed by atoms with E-state index in [2.05, 4.69) is 75.5 Å². The molecule has 0 N–H and O–H groups in total. The third-order valence-corrected chi connectivity index (χ3v) is 9.65. The Hall–Kier alpha value is -3.93. The number of hydrogen-bond acceptors (Lipinski definition) is 6. The molecule has 1 unspecified atom stereocenters. The van der Waals surface area contributed by atoms with E-state index in [1.807, 2.05) is 54.7 Å². The van der Waals surface area contributed by atoms with E-state index in [4.69, 9.17) is 14.2 Å². The number of hydrogen-bond donors (Lipinski definition) is 0. The Balaban J connectivity index is 4.47. The molecule has 60 heavy (non-hydrogen) atoms. The average Bonchev–Trinajstić information content (AvgIpc) is 3.24. The van der Waals surface area contributed by atoms with E-state index < -0.39 is 6.10 Å². The Labute approximate surface area is 368 Å². The van der Waals surface area contributed by atoms with Crippen molar-refractivity contribution in [2.45, 2.75) is 200 Å². The minimum absolute atomic E-state index is 0.112. The fourth-order valence-corrected chi connectivity index (χ4v) is 6.11. The van der Waals surface area contributed by atoms with Gasteiger partial charge < -0.3 is 14.2 Å². The Kier molecular flexibility index (Phi) is 44.6. The van der Waals surface area contributed by atoms with Gasteiger partial charge in [0.1, 0.15) is 13.2 Å². The highest BCUT2D eigenvalue weighted by Gasteiger charge is 2.19. The van der Waals surface area contributed by atoms with E-state index in [9.17, 15) is 14.4 Å². The van der Waals surface area contributed by atoms with Crippen LogP contribution in [0.2, 0.25) is 0 Å². The number of carbonyl (C=O) groups excluding carboxylic acids is 3. The van der Waals surface area contributed by atoms with Crippen LogP contribution in [0, 0.1) is 0 Å². The van der Waals surface area contributed by atoms with E-state index >= 15 is 0 Å². The lowest BCUT2D eigenvalue weighted by atomic mass is 10.1. The zero-order chi connectivity index (χ0) is 43.7. The fourth-order valence-electron chi connectivity index (χ4n) is 6.11.